The van der Waals surface area contributed by atoms with Crippen molar-refractivity contribution in [2.24, 2.45) is 0 Å². The first-order valence-electron chi connectivity index (χ1n) is 6.23. The van der Waals surface area contributed by atoms with Gasteiger partial charge in [-0.15, -0.1) is 0 Å². The lowest BCUT2D eigenvalue weighted by atomic mass is 10.2. The molecule has 22 heavy (non-hydrogen) atoms. The Kier molecular flexibility index (Phi) is 6.18. The predicted octanol–water partition coefficient (Wildman–Crippen LogP) is 2.71. The first-order valence-corrected chi connectivity index (χ1v) is 8.22. The van der Waals surface area contributed by atoms with Gasteiger partial charge in [0.1, 0.15) is 5.58 Å². The van der Waals surface area contributed by atoms with Gasteiger partial charge >= 0.3 is 5.91 Å². The number of methoxy groups -OCH3 is 1. The molecular formula is C13H13Br2N3O3S. The molecule has 0 fully saturated rings. The largest absolute Gasteiger partial charge is 0.450 e. The van der Waals surface area contributed by atoms with Gasteiger partial charge in [0.05, 0.1) is 11.1 Å². The fourth-order valence-corrected chi connectivity index (χ4v) is 3.17. The van der Waals surface area contributed by atoms with Crippen LogP contribution in [0, 0.1) is 0 Å². The maximum atomic E-state index is 12.0. The molecule has 1 aromatic heterocycles. The van der Waals surface area contributed by atoms with Gasteiger partial charge in [-0.1, -0.05) is 15.9 Å². The predicted molar refractivity (Wildman–Crippen MR) is 94.7 cm³/mol. The summed E-state index contributed by atoms with van der Waals surface area (Å²) in [6.45, 7) is 1.06. The molecule has 0 aliphatic rings. The zero-order valence-corrected chi connectivity index (χ0v) is 15.5. The minimum Gasteiger partial charge on any atom is -0.450 e. The molecule has 0 aliphatic carbocycles. The number of carbonyl (C=O) groups excluding carboxylic acids is 1. The Balaban J connectivity index is 1.98. The van der Waals surface area contributed by atoms with Crippen molar-refractivity contribution in [3.8, 4) is 0 Å². The van der Waals surface area contributed by atoms with Crippen molar-refractivity contribution in [1.29, 1.82) is 0 Å². The Morgan fingerprint density at radius 2 is 2.09 bits per heavy atom. The third-order valence-electron chi connectivity index (χ3n) is 2.64. The van der Waals surface area contributed by atoms with Crippen molar-refractivity contribution in [2.45, 2.75) is 0 Å². The lowest BCUT2D eigenvalue weighted by Crippen LogP contribution is -2.47. The molecule has 1 heterocycles. The highest BCUT2D eigenvalue weighted by Gasteiger charge is 2.14. The number of nitrogens with one attached hydrogen (secondary N) is 3. The van der Waals surface area contributed by atoms with E-state index in [1.165, 1.54) is 0 Å². The highest BCUT2D eigenvalue weighted by molar-refractivity contribution is 9.11. The number of hydrogen-bond acceptors (Lipinski definition) is 4. The fourth-order valence-electron chi connectivity index (χ4n) is 1.67. The molecule has 0 unspecified atom stereocenters. The number of carbonyl (C=O) groups is 1. The lowest BCUT2D eigenvalue weighted by Gasteiger charge is -2.10. The number of benzene rings is 1. The zero-order chi connectivity index (χ0) is 16.1. The topological polar surface area (TPSA) is 75.5 Å². The molecule has 2 rings (SSSR count). The third kappa shape index (κ3) is 4.42. The Hall–Kier alpha value is -1.16. The van der Waals surface area contributed by atoms with E-state index in [0.29, 0.717) is 23.8 Å². The van der Waals surface area contributed by atoms with Gasteiger partial charge in [0.2, 0.25) is 0 Å². The van der Waals surface area contributed by atoms with Crippen LogP contribution in [-0.4, -0.2) is 31.3 Å². The zero-order valence-electron chi connectivity index (χ0n) is 11.5. The van der Waals surface area contributed by atoms with Gasteiger partial charge in [0.15, 0.2) is 10.9 Å². The lowest BCUT2D eigenvalue weighted by molar-refractivity contribution is 0.0918. The van der Waals surface area contributed by atoms with E-state index in [1.54, 1.807) is 13.2 Å². The molecule has 0 radical (unpaired) electrons. The first kappa shape index (κ1) is 17.2. The van der Waals surface area contributed by atoms with Crippen LogP contribution in [-0.2, 0) is 4.74 Å². The van der Waals surface area contributed by atoms with Crippen LogP contribution in [0.1, 0.15) is 10.6 Å². The van der Waals surface area contributed by atoms with Crippen LogP contribution in [0.25, 0.3) is 11.0 Å². The number of furan rings is 1. The Bertz CT molecular complexity index is 705. The molecule has 3 N–H and O–H groups in total. The van der Waals surface area contributed by atoms with Crippen molar-refractivity contribution < 1.29 is 13.9 Å². The molecular weight excluding hydrogens is 438 g/mol. The highest BCUT2D eigenvalue weighted by atomic mass is 79.9. The minimum absolute atomic E-state index is 0.181. The fraction of sp³-hybridized carbons (Fsp3) is 0.231. The van der Waals surface area contributed by atoms with E-state index in [-0.39, 0.29) is 5.76 Å². The highest BCUT2D eigenvalue weighted by Crippen LogP contribution is 2.30. The normalized spacial score (nSPS) is 10.5. The molecule has 1 amide bonds. The summed E-state index contributed by atoms with van der Waals surface area (Å²) in [4.78, 5) is 12.0. The van der Waals surface area contributed by atoms with E-state index in [1.807, 2.05) is 12.1 Å². The van der Waals surface area contributed by atoms with Crippen LogP contribution < -0.4 is 16.2 Å². The van der Waals surface area contributed by atoms with Crippen LogP contribution >= 0.6 is 44.1 Å². The van der Waals surface area contributed by atoms with Crippen molar-refractivity contribution in [3.63, 3.8) is 0 Å². The summed E-state index contributed by atoms with van der Waals surface area (Å²) in [5, 5.41) is 3.98. The summed E-state index contributed by atoms with van der Waals surface area (Å²) in [7, 11) is 1.60. The van der Waals surface area contributed by atoms with Crippen LogP contribution in [0.15, 0.2) is 31.6 Å². The second kappa shape index (κ2) is 7.91. The molecule has 118 valence electrons. The minimum atomic E-state index is -0.421. The van der Waals surface area contributed by atoms with Crippen LogP contribution in [0.2, 0.25) is 0 Å². The molecule has 1 aromatic carbocycles. The molecule has 0 aliphatic heterocycles. The van der Waals surface area contributed by atoms with E-state index in [2.05, 4.69) is 48.0 Å². The van der Waals surface area contributed by atoms with E-state index in [9.17, 15) is 4.79 Å². The Morgan fingerprint density at radius 3 is 2.82 bits per heavy atom. The second-order valence-electron chi connectivity index (χ2n) is 4.24. The number of thiocarbonyl (C=S) groups is 1. The van der Waals surface area contributed by atoms with Crippen molar-refractivity contribution in [1.82, 2.24) is 16.2 Å². The van der Waals surface area contributed by atoms with E-state index >= 15 is 0 Å². The van der Waals surface area contributed by atoms with Gasteiger partial charge < -0.3 is 14.5 Å². The summed E-state index contributed by atoms with van der Waals surface area (Å²) in [6, 6.07) is 5.37. The number of hydrogen-bond donors (Lipinski definition) is 3. The number of ether oxygens (including phenoxy) is 1. The molecule has 9 heteroatoms. The van der Waals surface area contributed by atoms with Crippen LogP contribution in [0.5, 0.6) is 0 Å². The Morgan fingerprint density at radius 1 is 1.32 bits per heavy atom. The van der Waals surface area contributed by atoms with Crippen molar-refractivity contribution in [3.05, 3.63) is 32.9 Å². The van der Waals surface area contributed by atoms with E-state index in [0.717, 1.165) is 14.3 Å². The quantitative estimate of drug-likeness (QED) is 0.377. The molecule has 2 aromatic rings. The first-order chi connectivity index (χ1) is 10.5. The van der Waals surface area contributed by atoms with Gasteiger partial charge in [-0.25, -0.2) is 0 Å². The number of hydrazine groups is 1. The average Bonchev–Trinajstić information content (AvgIpc) is 2.89. The number of halogens is 2. The maximum absolute atomic E-state index is 12.0. The molecule has 0 atom stereocenters. The van der Waals surface area contributed by atoms with Crippen LogP contribution in [0.4, 0.5) is 0 Å². The van der Waals surface area contributed by atoms with Crippen molar-refractivity contribution in [2.75, 3.05) is 20.3 Å². The summed E-state index contributed by atoms with van der Waals surface area (Å²) in [6.07, 6.45) is 0. The van der Waals surface area contributed by atoms with E-state index < -0.39 is 5.91 Å². The van der Waals surface area contributed by atoms with Gasteiger partial charge in [0.25, 0.3) is 0 Å². The maximum Gasteiger partial charge on any atom is 0.305 e. The molecule has 0 spiro atoms. The number of rotatable bonds is 4. The van der Waals surface area contributed by atoms with Gasteiger partial charge in [0, 0.05) is 23.5 Å². The summed E-state index contributed by atoms with van der Waals surface area (Å²) in [5.74, 6) is -0.240. The van der Waals surface area contributed by atoms with Gasteiger partial charge in [-0.05, 0) is 46.3 Å². The Labute approximate surface area is 149 Å². The van der Waals surface area contributed by atoms with Crippen LogP contribution in [0.3, 0.4) is 0 Å². The molecule has 0 bridgehead atoms. The number of fused-ring (bicyclic) bond motifs is 1. The molecule has 0 saturated carbocycles. The molecule has 6 nitrogen and oxygen atoms in total. The van der Waals surface area contributed by atoms with Gasteiger partial charge in [-0.3, -0.25) is 15.6 Å². The SMILES string of the molecule is COCCNC(=S)NNC(=O)c1cc2cc(Br)cc(Br)c2o1. The van der Waals surface area contributed by atoms with E-state index in [4.69, 9.17) is 21.4 Å². The summed E-state index contributed by atoms with van der Waals surface area (Å²) in [5.41, 5.74) is 5.67. The monoisotopic (exact) mass is 449 g/mol. The van der Waals surface area contributed by atoms with Crippen molar-refractivity contribution >= 4 is 66.1 Å². The van der Waals surface area contributed by atoms with Gasteiger partial charge in [-0.2, -0.15) is 0 Å². The standard InChI is InChI=1S/C13H13Br2N3O3S/c1-20-3-2-16-13(22)18-17-12(19)10-5-7-4-8(14)6-9(15)11(7)21-10/h4-6H,2-3H2,1H3,(H,17,19)(H2,16,18,22). The third-order valence-corrected chi connectivity index (χ3v) is 3.93. The number of amides is 1. The molecule has 0 saturated heterocycles. The summed E-state index contributed by atoms with van der Waals surface area (Å²) >= 11 is 11.8. The smallest absolute Gasteiger partial charge is 0.305 e. The average molecular weight is 451 g/mol. The summed E-state index contributed by atoms with van der Waals surface area (Å²) < 4.78 is 12.1. The second-order valence-corrected chi connectivity index (χ2v) is 6.42.